The van der Waals surface area contributed by atoms with Gasteiger partial charge in [-0.2, -0.15) is 0 Å². The van der Waals surface area contributed by atoms with Crippen molar-refractivity contribution < 1.29 is 9.59 Å². The first-order valence-electron chi connectivity index (χ1n) is 10.1. The average Bonchev–Trinajstić information content (AvgIpc) is 3.09. The van der Waals surface area contributed by atoms with E-state index in [1.54, 1.807) is 12.1 Å². The molecule has 2 N–H and O–H groups in total. The minimum absolute atomic E-state index is 0.0312. The van der Waals surface area contributed by atoms with E-state index in [0.29, 0.717) is 28.2 Å². The van der Waals surface area contributed by atoms with Crippen LogP contribution in [0.3, 0.4) is 0 Å². The highest BCUT2D eigenvalue weighted by Crippen LogP contribution is 2.24. The van der Waals surface area contributed by atoms with E-state index in [9.17, 15) is 9.59 Å². The summed E-state index contributed by atoms with van der Waals surface area (Å²) in [5.74, 6) is 1.37. The lowest BCUT2D eigenvalue weighted by Crippen LogP contribution is -2.41. The van der Waals surface area contributed by atoms with Crippen LogP contribution in [0.2, 0.25) is 0 Å². The summed E-state index contributed by atoms with van der Waals surface area (Å²) in [6.45, 7) is 4.08. The molecule has 0 bridgehead atoms. The van der Waals surface area contributed by atoms with Crippen molar-refractivity contribution in [2.75, 3.05) is 5.75 Å². The topological polar surface area (TPSA) is 88.9 Å². The fourth-order valence-electron chi connectivity index (χ4n) is 3.67. The molecule has 0 radical (unpaired) electrons. The molecule has 156 valence electrons. The number of hydrogen-bond donors (Lipinski definition) is 2. The van der Waals surface area contributed by atoms with Crippen molar-refractivity contribution in [1.82, 2.24) is 25.4 Å². The number of rotatable bonds is 7. The van der Waals surface area contributed by atoms with Gasteiger partial charge in [-0.25, -0.2) is 0 Å². The molecule has 1 aromatic carbocycles. The van der Waals surface area contributed by atoms with Crippen LogP contribution >= 0.6 is 11.8 Å². The number of nitrogens with one attached hydrogen (secondary N) is 2. The van der Waals surface area contributed by atoms with Gasteiger partial charge >= 0.3 is 0 Å². The molecule has 1 aliphatic carbocycles. The fraction of sp³-hybridized carbons (Fsp3) is 0.524. The van der Waals surface area contributed by atoms with E-state index in [2.05, 4.69) is 27.8 Å². The minimum Gasteiger partial charge on any atom is -0.352 e. The predicted molar refractivity (Wildman–Crippen MR) is 114 cm³/mol. The largest absolute Gasteiger partial charge is 0.352 e. The smallest absolute Gasteiger partial charge is 0.251 e. The molecule has 7 nitrogen and oxygen atoms in total. The SMILES string of the molecule is C[C@H](NC(=O)c1ccccc1)c1nnc(SCC(=O)N[C@H]2CCCC[C@@H]2C)n1C. The molecule has 1 aromatic heterocycles. The zero-order valence-electron chi connectivity index (χ0n) is 17.2. The van der Waals surface area contributed by atoms with Crippen LogP contribution in [-0.2, 0) is 11.8 Å². The van der Waals surface area contributed by atoms with Gasteiger partial charge in [-0.3, -0.25) is 9.59 Å². The summed E-state index contributed by atoms with van der Waals surface area (Å²) in [5, 5.41) is 15.2. The molecular weight excluding hydrogens is 386 g/mol. The molecule has 8 heteroatoms. The Bertz CT molecular complexity index is 839. The van der Waals surface area contributed by atoms with Crippen molar-refractivity contribution in [2.24, 2.45) is 13.0 Å². The first kappa shape index (κ1) is 21.4. The quantitative estimate of drug-likeness (QED) is 0.679. The van der Waals surface area contributed by atoms with Gasteiger partial charge in [0.1, 0.15) is 0 Å². The van der Waals surface area contributed by atoms with Crippen LogP contribution in [0.15, 0.2) is 35.5 Å². The van der Waals surface area contributed by atoms with E-state index in [4.69, 9.17) is 0 Å². The Morgan fingerprint density at radius 3 is 2.66 bits per heavy atom. The van der Waals surface area contributed by atoms with Gasteiger partial charge in [-0.1, -0.05) is 49.7 Å². The Kier molecular flexibility index (Phi) is 7.30. The molecule has 1 heterocycles. The van der Waals surface area contributed by atoms with Crippen molar-refractivity contribution in [3.63, 3.8) is 0 Å². The first-order chi connectivity index (χ1) is 14.0. The Morgan fingerprint density at radius 2 is 1.93 bits per heavy atom. The van der Waals surface area contributed by atoms with Gasteiger partial charge in [-0.05, 0) is 37.8 Å². The summed E-state index contributed by atoms with van der Waals surface area (Å²) in [6.07, 6.45) is 4.67. The summed E-state index contributed by atoms with van der Waals surface area (Å²) < 4.78 is 1.83. The van der Waals surface area contributed by atoms with E-state index in [0.717, 1.165) is 6.42 Å². The zero-order chi connectivity index (χ0) is 20.8. The minimum atomic E-state index is -0.300. The maximum Gasteiger partial charge on any atom is 0.251 e. The van der Waals surface area contributed by atoms with E-state index < -0.39 is 0 Å². The highest BCUT2D eigenvalue weighted by Gasteiger charge is 2.23. The molecule has 0 spiro atoms. The lowest BCUT2D eigenvalue weighted by Gasteiger charge is -2.29. The van der Waals surface area contributed by atoms with Crippen LogP contribution in [0.4, 0.5) is 0 Å². The van der Waals surface area contributed by atoms with Gasteiger partial charge in [-0.15, -0.1) is 10.2 Å². The Morgan fingerprint density at radius 1 is 1.21 bits per heavy atom. The zero-order valence-corrected chi connectivity index (χ0v) is 18.0. The van der Waals surface area contributed by atoms with Crippen LogP contribution < -0.4 is 10.6 Å². The molecular formula is C21H29N5O2S. The second kappa shape index (κ2) is 9.91. The van der Waals surface area contributed by atoms with Crippen LogP contribution in [0.25, 0.3) is 0 Å². The van der Waals surface area contributed by atoms with Crippen LogP contribution in [0, 0.1) is 5.92 Å². The molecule has 0 aliphatic heterocycles. The second-order valence-corrected chi connectivity index (χ2v) is 8.63. The molecule has 1 saturated carbocycles. The summed E-state index contributed by atoms with van der Waals surface area (Å²) in [6, 6.07) is 9.05. The highest BCUT2D eigenvalue weighted by molar-refractivity contribution is 7.99. The average molecular weight is 416 g/mol. The van der Waals surface area contributed by atoms with Gasteiger partial charge < -0.3 is 15.2 Å². The molecule has 3 rings (SSSR count). The van der Waals surface area contributed by atoms with E-state index >= 15 is 0 Å². The number of hydrogen-bond acceptors (Lipinski definition) is 5. The Hall–Kier alpha value is -2.35. The summed E-state index contributed by atoms with van der Waals surface area (Å²) in [4.78, 5) is 24.7. The molecule has 0 unspecified atom stereocenters. The molecule has 2 aromatic rings. The fourth-order valence-corrected chi connectivity index (χ4v) is 4.40. The van der Waals surface area contributed by atoms with Crippen LogP contribution in [0.5, 0.6) is 0 Å². The van der Waals surface area contributed by atoms with Gasteiger partial charge in [0.25, 0.3) is 5.91 Å². The van der Waals surface area contributed by atoms with E-state index in [1.165, 1.54) is 31.0 Å². The highest BCUT2D eigenvalue weighted by atomic mass is 32.2. The molecule has 29 heavy (non-hydrogen) atoms. The van der Waals surface area contributed by atoms with Crippen LogP contribution in [-0.4, -0.2) is 38.4 Å². The lowest BCUT2D eigenvalue weighted by molar-refractivity contribution is -0.119. The maximum atomic E-state index is 12.4. The van der Waals surface area contributed by atoms with Crippen molar-refractivity contribution in [1.29, 1.82) is 0 Å². The van der Waals surface area contributed by atoms with Crippen molar-refractivity contribution in [2.45, 2.75) is 56.8 Å². The molecule has 0 saturated heterocycles. The monoisotopic (exact) mass is 415 g/mol. The van der Waals surface area contributed by atoms with E-state index in [1.807, 2.05) is 36.7 Å². The predicted octanol–water partition coefficient (Wildman–Crippen LogP) is 3.09. The number of aromatic nitrogens is 3. The van der Waals surface area contributed by atoms with Crippen LogP contribution in [0.1, 0.15) is 61.8 Å². The first-order valence-corrected chi connectivity index (χ1v) is 11.1. The van der Waals surface area contributed by atoms with Gasteiger partial charge in [0, 0.05) is 18.7 Å². The Balaban J connectivity index is 1.53. The number of thioether (sulfide) groups is 1. The number of benzene rings is 1. The third-order valence-electron chi connectivity index (χ3n) is 5.43. The Labute approximate surface area is 176 Å². The molecule has 1 fully saturated rings. The second-order valence-electron chi connectivity index (χ2n) is 7.69. The summed E-state index contributed by atoms with van der Waals surface area (Å²) >= 11 is 1.36. The van der Waals surface area contributed by atoms with Gasteiger partial charge in [0.05, 0.1) is 11.8 Å². The third kappa shape index (κ3) is 5.59. The van der Waals surface area contributed by atoms with Crippen molar-refractivity contribution >= 4 is 23.6 Å². The number of amides is 2. The molecule has 1 aliphatic rings. The number of carbonyl (C=O) groups excluding carboxylic acids is 2. The number of nitrogens with zero attached hydrogens (tertiary/aromatic N) is 3. The van der Waals surface area contributed by atoms with Gasteiger partial charge in [0.15, 0.2) is 11.0 Å². The lowest BCUT2D eigenvalue weighted by atomic mass is 9.86. The summed E-state index contributed by atoms with van der Waals surface area (Å²) in [5.41, 5.74) is 0.602. The summed E-state index contributed by atoms with van der Waals surface area (Å²) in [7, 11) is 1.85. The number of carbonyl (C=O) groups is 2. The molecule has 2 amide bonds. The van der Waals surface area contributed by atoms with Crippen molar-refractivity contribution in [3.8, 4) is 0 Å². The molecule has 3 atom stereocenters. The van der Waals surface area contributed by atoms with Crippen molar-refractivity contribution in [3.05, 3.63) is 41.7 Å². The van der Waals surface area contributed by atoms with E-state index in [-0.39, 0.29) is 23.9 Å². The maximum absolute atomic E-state index is 12.4. The van der Waals surface area contributed by atoms with Gasteiger partial charge in [0.2, 0.25) is 5.91 Å². The normalized spacial score (nSPS) is 20.1. The third-order valence-corrected chi connectivity index (χ3v) is 6.45. The standard InChI is InChI=1S/C21H29N5O2S/c1-14-9-7-8-12-17(14)23-18(27)13-29-21-25-24-19(26(21)3)15(2)22-20(28)16-10-5-4-6-11-16/h4-6,10-11,14-15,17H,7-9,12-13H2,1-3H3,(H,22,28)(H,23,27)/t14-,15-,17-/m0/s1.